The first-order valence-corrected chi connectivity index (χ1v) is 8.39. The minimum absolute atomic E-state index is 0.264. The monoisotopic (exact) mass is 351 g/mol. The van der Waals surface area contributed by atoms with Gasteiger partial charge in [-0.2, -0.15) is 0 Å². The number of benzene rings is 2. The second-order valence-corrected chi connectivity index (χ2v) is 6.51. The van der Waals surface area contributed by atoms with Gasteiger partial charge in [0, 0.05) is 5.56 Å². The Hall–Kier alpha value is -3.08. The van der Waals surface area contributed by atoms with Crippen molar-refractivity contribution in [1.82, 2.24) is 0 Å². The minimum Gasteiger partial charge on any atom is -0.478 e. The number of carbonyl (C=O) groups excluding carboxylic acids is 1. The standard InChI is InChI=1S/C21H21NO4/c1-11(14-6-4-5-7-16(14)20(23)24)8-9-15-12(2)13(3)17-10-26-21(25)18(17)19(15)22/h4-8H,9-10,22H2,1-3H3,(H,23,24)/b11-8+. The topological polar surface area (TPSA) is 89.6 Å². The predicted octanol–water partition coefficient (Wildman–Crippen LogP) is 3.90. The highest BCUT2D eigenvalue weighted by Gasteiger charge is 2.29. The molecule has 0 aliphatic carbocycles. The Bertz CT molecular complexity index is 957. The van der Waals surface area contributed by atoms with Gasteiger partial charge in [0.05, 0.1) is 16.8 Å². The summed E-state index contributed by atoms with van der Waals surface area (Å²) in [6.45, 7) is 6.10. The summed E-state index contributed by atoms with van der Waals surface area (Å²) in [5, 5.41) is 9.36. The fourth-order valence-electron chi connectivity index (χ4n) is 3.42. The smallest absolute Gasteiger partial charge is 0.341 e. The van der Waals surface area contributed by atoms with E-state index in [1.165, 1.54) is 0 Å². The lowest BCUT2D eigenvalue weighted by Gasteiger charge is -2.15. The van der Waals surface area contributed by atoms with E-state index in [9.17, 15) is 14.7 Å². The summed E-state index contributed by atoms with van der Waals surface area (Å²) in [6.07, 6.45) is 2.46. The van der Waals surface area contributed by atoms with E-state index in [4.69, 9.17) is 10.5 Å². The molecule has 2 aromatic rings. The number of esters is 1. The summed E-state index contributed by atoms with van der Waals surface area (Å²) >= 11 is 0. The molecule has 0 bridgehead atoms. The third kappa shape index (κ3) is 2.86. The molecule has 0 atom stereocenters. The molecule has 3 N–H and O–H groups in total. The van der Waals surface area contributed by atoms with Gasteiger partial charge in [0.25, 0.3) is 0 Å². The highest BCUT2D eigenvalue weighted by atomic mass is 16.5. The molecule has 5 nitrogen and oxygen atoms in total. The first-order valence-electron chi connectivity index (χ1n) is 8.39. The van der Waals surface area contributed by atoms with Gasteiger partial charge in [-0.3, -0.25) is 0 Å². The maximum absolute atomic E-state index is 12.0. The molecule has 1 heterocycles. The molecule has 1 aliphatic heterocycles. The lowest BCUT2D eigenvalue weighted by molar-refractivity contribution is 0.0535. The van der Waals surface area contributed by atoms with Gasteiger partial charge < -0.3 is 15.6 Å². The van der Waals surface area contributed by atoms with E-state index >= 15 is 0 Å². The summed E-state index contributed by atoms with van der Waals surface area (Å²) < 4.78 is 5.13. The van der Waals surface area contributed by atoms with Crippen LogP contribution in [-0.2, 0) is 17.8 Å². The number of nitrogen functional groups attached to an aromatic ring is 1. The van der Waals surface area contributed by atoms with E-state index in [0.29, 0.717) is 23.2 Å². The van der Waals surface area contributed by atoms with Crippen LogP contribution < -0.4 is 5.73 Å². The molecule has 0 unspecified atom stereocenters. The summed E-state index contributed by atoms with van der Waals surface area (Å²) in [5.41, 5.74) is 12.8. The number of carboxylic acid groups (broad SMARTS) is 1. The van der Waals surface area contributed by atoms with Crippen LogP contribution in [0.25, 0.3) is 5.57 Å². The summed E-state index contributed by atoms with van der Waals surface area (Å²) in [6, 6.07) is 6.90. The number of hydrogen-bond donors (Lipinski definition) is 2. The zero-order chi connectivity index (χ0) is 19.0. The van der Waals surface area contributed by atoms with Gasteiger partial charge in [-0.05, 0) is 61.1 Å². The summed E-state index contributed by atoms with van der Waals surface area (Å²) in [7, 11) is 0. The Kier molecular flexibility index (Phi) is 4.55. The van der Waals surface area contributed by atoms with E-state index in [1.54, 1.807) is 18.2 Å². The highest BCUT2D eigenvalue weighted by molar-refractivity contribution is 6.00. The molecule has 1 aliphatic rings. The van der Waals surface area contributed by atoms with Crippen molar-refractivity contribution in [2.24, 2.45) is 0 Å². The van der Waals surface area contributed by atoms with Crippen LogP contribution in [0.5, 0.6) is 0 Å². The average Bonchev–Trinajstić information content (AvgIpc) is 3.01. The Morgan fingerprint density at radius 2 is 1.88 bits per heavy atom. The predicted molar refractivity (Wildman–Crippen MR) is 100 cm³/mol. The molecule has 3 rings (SSSR count). The van der Waals surface area contributed by atoms with E-state index in [1.807, 2.05) is 32.9 Å². The van der Waals surface area contributed by atoms with Gasteiger partial charge in [0.15, 0.2) is 0 Å². The van der Waals surface area contributed by atoms with Crippen LogP contribution in [0.15, 0.2) is 30.3 Å². The first kappa shape index (κ1) is 17.7. The van der Waals surface area contributed by atoms with Gasteiger partial charge in [0.2, 0.25) is 0 Å². The van der Waals surface area contributed by atoms with Crippen LogP contribution in [0, 0.1) is 13.8 Å². The number of carboxylic acids is 1. The van der Waals surface area contributed by atoms with Crippen molar-refractivity contribution in [1.29, 1.82) is 0 Å². The molecule has 5 heteroatoms. The fraction of sp³-hybridized carbons (Fsp3) is 0.238. The number of aromatic carboxylic acids is 1. The lowest BCUT2D eigenvalue weighted by atomic mass is 9.90. The Morgan fingerprint density at radius 1 is 1.23 bits per heavy atom. The van der Waals surface area contributed by atoms with Crippen molar-refractivity contribution in [3.05, 3.63) is 69.3 Å². The number of rotatable bonds is 4. The van der Waals surface area contributed by atoms with Crippen LogP contribution in [0.4, 0.5) is 5.69 Å². The van der Waals surface area contributed by atoms with Gasteiger partial charge in [-0.15, -0.1) is 0 Å². The lowest BCUT2D eigenvalue weighted by Crippen LogP contribution is -2.08. The third-order valence-corrected chi connectivity index (χ3v) is 5.11. The van der Waals surface area contributed by atoms with E-state index in [-0.39, 0.29) is 18.1 Å². The van der Waals surface area contributed by atoms with Crippen LogP contribution in [0.3, 0.4) is 0 Å². The molecule has 134 valence electrons. The molecule has 0 aromatic heterocycles. The largest absolute Gasteiger partial charge is 0.478 e. The van der Waals surface area contributed by atoms with Crippen LogP contribution >= 0.6 is 0 Å². The van der Waals surface area contributed by atoms with E-state index < -0.39 is 5.97 Å². The molecule has 0 amide bonds. The van der Waals surface area contributed by atoms with Crippen molar-refractivity contribution in [3.63, 3.8) is 0 Å². The van der Waals surface area contributed by atoms with Gasteiger partial charge >= 0.3 is 11.9 Å². The van der Waals surface area contributed by atoms with Crippen molar-refractivity contribution in [3.8, 4) is 0 Å². The number of fused-ring (bicyclic) bond motifs is 1. The van der Waals surface area contributed by atoms with E-state index in [2.05, 4.69) is 0 Å². The fourth-order valence-corrected chi connectivity index (χ4v) is 3.42. The molecule has 2 aromatic carbocycles. The first-order chi connectivity index (χ1) is 12.3. The van der Waals surface area contributed by atoms with E-state index in [0.717, 1.165) is 27.8 Å². The number of ether oxygens (including phenoxy) is 1. The highest BCUT2D eigenvalue weighted by Crippen LogP contribution is 2.35. The molecule has 0 spiro atoms. The number of cyclic esters (lactones) is 1. The maximum atomic E-state index is 12.0. The number of allylic oxidation sites excluding steroid dienone is 2. The molecule has 0 radical (unpaired) electrons. The second kappa shape index (κ2) is 6.67. The summed E-state index contributed by atoms with van der Waals surface area (Å²) in [4.78, 5) is 23.4. The number of carbonyl (C=O) groups is 2. The van der Waals surface area contributed by atoms with Crippen molar-refractivity contribution >= 4 is 23.2 Å². The quantitative estimate of drug-likeness (QED) is 0.644. The number of hydrogen-bond acceptors (Lipinski definition) is 4. The van der Waals surface area contributed by atoms with Crippen molar-refractivity contribution in [2.75, 3.05) is 5.73 Å². The maximum Gasteiger partial charge on any atom is 0.341 e. The third-order valence-electron chi connectivity index (χ3n) is 5.11. The minimum atomic E-state index is -0.958. The Morgan fingerprint density at radius 3 is 2.54 bits per heavy atom. The molecular formula is C21H21NO4. The van der Waals surface area contributed by atoms with Crippen LogP contribution in [0.1, 0.15) is 55.5 Å². The Balaban J connectivity index is 2.02. The Labute approximate surface area is 152 Å². The molecule has 0 saturated carbocycles. The zero-order valence-corrected chi connectivity index (χ0v) is 15.1. The number of nitrogens with two attached hydrogens (primary N) is 1. The van der Waals surface area contributed by atoms with Crippen molar-refractivity contribution in [2.45, 2.75) is 33.8 Å². The van der Waals surface area contributed by atoms with Crippen molar-refractivity contribution < 1.29 is 19.4 Å². The SMILES string of the molecule is C/C(=C\Cc1c(C)c(C)c2c(c1N)C(=O)OC2)c1ccccc1C(=O)O. The van der Waals surface area contributed by atoms with Crippen LogP contribution in [0.2, 0.25) is 0 Å². The molecule has 0 fully saturated rings. The molecule has 26 heavy (non-hydrogen) atoms. The summed E-state index contributed by atoms with van der Waals surface area (Å²) in [5.74, 6) is -1.33. The average molecular weight is 351 g/mol. The molecule has 0 saturated heterocycles. The van der Waals surface area contributed by atoms with Gasteiger partial charge in [-0.25, -0.2) is 9.59 Å². The van der Waals surface area contributed by atoms with Crippen LogP contribution in [-0.4, -0.2) is 17.0 Å². The second-order valence-electron chi connectivity index (χ2n) is 6.51. The molecular weight excluding hydrogens is 330 g/mol. The van der Waals surface area contributed by atoms with Gasteiger partial charge in [-0.1, -0.05) is 24.3 Å². The normalized spacial score (nSPS) is 13.5. The zero-order valence-electron chi connectivity index (χ0n) is 15.1. The number of anilines is 1. The van der Waals surface area contributed by atoms with Gasteiger partial charge in [0.1, 0.15) is 6.61 Å².